The zero-order valence-corrected chi connectivity index (χ0v) is 14.1. The van der Waals surface area contributed by atoms with Crippen LogP contribution in [0.5, 0.6) is 0 Å². The van der Waals surface area contributed by atoms with Crippen molar-refractivity contribution in [1.82, 2.24) is 0 Å². The van der Waals surface area contributed by atoms with Gasteiger partial charge in [0, 0.05) is 10.2 Å². The maximum atomic E-state index is 11.9. The lowest BCUT2D eigenvalue weighted by Crippen LogP contribution is -2.12. The number of esters is 1. The molecule has 0 saturated carbocycles. The molecule has 0 aliphatic heterocycles. The number of ether oxygens (including phenoxy) is 1. The van der Waals surface area contributed by atoms with Gasteiger partial charge in [0.1, 0.15) is 8.78 Å². The monoisotopic (exact) mass is 327 g/mol. The molecule has 1 aromatic carbocycles. The summed E-state index contributed by atoms with van der Waals surface area (Å²) < 4.78 is 5.63. The number of hydrogen-bond donors (Lipinski definition) is 0. The third-order valence-electron chi connectivity index (χ3n) is 2.27. The molecule has 2 nitrogen and oxygen atoms in total. The zero-order valence-electron chi connectivity index (χ0n) is 10.6. The molecule has 0 saturated heterocycles. The topological polar surface area (TPSA) is 26.3 Å². The molecule has 0 heterocycles. The molecule has 3 radical (unpaired) electrons. The fourth-order valence-electron chi connectivity index (χ4n) is 1.35. The fourth-order valence-corrected chi connectivity index (χ4v) is 4.26. The number of thioether (sulfide) groups is 2. The van der Waals surface area contributed by atoms with Gasteiger partial charge < -0.3 is 4.74 Å². The van der Waals surface area contributed by atoms with Crippen molar-refractivity contribution in [2.75, 3.05) is 12.9 Å². The van der Waals surface area contributed by atoms with Crippen molar-refractivity contribution in [3.8, 4) is 0 Å². The summed E-state index contributed by atoms with van der Waals surface area (Å²) in [5.41, 5.74) is 0.919. The summed E-state index contributed by atoms with van der Waals surface area (Å²) in [6.07, 6.45) is 1.05. The van der Waals surface area contributed by atoms with Gasteiger partial charge in [0.2, 0.25) is 0 Å². The van der Waals surface area contributed by atoms with E-state index < -0.39 is 0 Å². The first-order valence-corrected chi connectivity index (χ1v) is 8.78. The molecule has 0 bridgehead atoms. The quantitative estimate of drug-likeness (QED) is 0.344. The Labute approximate surface area is 131 Å². The number of carbonyl (C=O) groups excluding carboxylic acids is 1. The summed E-state index contributed by atoms with van der Waals surface area (Å²) in [4.78, 5) is 11.9. The lowest BCUT2D eigenvalue weighted by atomic mass is 10.1. The van der Waals surface area contributed by atoms with Crippen LogP contribution in [0.1, 0.15) is 17.2 Å². The van der Waals surface area contributed by atoms with Crippen molar-refractivity contribution in [1.29, 1.82) is 0 Å². The van der Waals surface area contributed by atoms with Crippen LogP contribution in [0, 0.1) is 0 Å². The molecule has 0 fully saturated rings. The van der Waals surface area contributed by atoms with Crippen LogP contribution in [0.4, 0.5) is 0 Å². The molecule has 101 valence electrons. The van der Waals surface area contributed by atoms with Gasteiger partial charge >= 0.3 is 5.97 Å². The second-order valence-corrected chi connectivity index (χ2v) is 7.54. The van der Waals surface area contributed by atoms with E-state index in [2.05, 4.69) is 10.2 Å². The number of methoxy groups -OCH3 is 1. The number of carbonyl (C=O) groups is 1. The van der Waals surface area contributed by atoms with E-state index in [-0.39, 0.29) is 11.2 Å². The molecular weight excluding hydrogens is 312 g/mol. The second-order valence-electron chi connectivity index (χ2n) is 3.63. The summed E-state index contributed by atoms with van der Waals surface area (Å²) in [6, 6.07) is 10.5. The SMILES string of the molecule is COC(=O)C(SC(=S)SCCC[Si])c1ccccc1. The van der Waals surface area contributed by atoms with Gasteiger partial charge in [-0.15, -0.1) is 11.8 Å². The zero-order chi connectivity index (χ0) is 14.1. The van der Waals surface area contributed by atoms with Gasteiger partial charge in [-0.05, 0) is 17.7 Å². The minimum absolute atomic E-state index is 0.265. The van der Waals surface area contributed by atoms with E-state index in [1.807, 2.05) is 30.3 Å². The van der Waals surface area contributed by atoms with Gasteiger partial charge in [0.15, 0.2) is 0 Å². The molecule has 0 aromatic heterocycles. The number of benzene rings is 1. The number of hydrogen-bond acceptors (Lipinski definition) is 5. The average molecular weight is 328 g/mol. The van der Waals surface area contributed by atoms with E-state index >= 15 is 0 Å². The highest BCUT2D eigenvalue weighted by molar-refractivity contribution is 8.47. The van der Waals surface area contributed by atoms with E-state index in [1.54, 1.807) is 11.8 Å². The van der Waals surface area contributed by atoms with E-state index in [1.165, 1.54) is 18.9 Å². The lowest BCUT2D eigenvalue weighted by molar-refractivity contribution is -0.140. The molecule has 1 atom stereocenters. The van der Waals surface area contributed by atoms with Crippen LogP contribution < -0.4 is 0 Å². The van der Waals surface area contributed by atoms with Crippen molar-refractivity contribution in [2.45, 2.75) is 17.7 Å². The first-order chi connectivity index (χ1) is 9.19. The summed E-state index contributed by atoms with van der Waals surface area (Å²) in [5.74, 6) is 0.692. The maximum Gasteiger partial charge on any atom is 0.323 e. The highest BCUT2D eigenvalue weighted by Gasteiger charge is 2.23. The van der Waals surface area contributed by atoms with E-state index in [0.29, 0.717) is 0 Å². The van der Waals surface area contributed by atoms with Gasteiger partial charge in [-0.1, -0.05) is 60.4 Å². The molecule has 0 N–H and O–H groups in total. The first-order valence-electron chi connectivity index (χ1n) is 5.79. The standard InChI is InChI=1S/C13H15O2S3Si/c1-15-12(14)11(10-6-3-2-4-7-10)18-13(16)17-8-5-9-19/h2-4,6-7,11H,5,8-9H2,1H3. The molecule has 1 aromatic rings. The molecule has 1 unspecified atom stereocenters. The summed E-state index contributed by atoms with van der Waals surface area (Å²) >= 11 is 8.31. The first kappa shape index (κ1) is 16.8. The highest BCUT2D eigenvalue weighted by Crippen LogP contribution is 2.34. The third kappa shape index (κ3) is 6.12. The van der Waals surface area contributed by atoms with Crippen LogP contribution >= 0.6 is 35.7 Å². The maximum absolute atomic E-state index is 11.9. The molecular formula is C13H15O2S3Si. The van der Waals surface area contributed by atoms with Crippen LogP contribution in [0.25, 0.3) is 0 Å². The molecule has 6 heteroatoms. The molecule has 0 spiro atoms. The predicted octanol–water partition coefficient (Wildman–Crippen LogP) is 3.63. The largest absolute Gasteiger partial charge is 0.468 e. The Bertz CT molecular complexity index is 412. The Balaban J connectivity index is 2.66. The molecule has 0 amide bonds. The van der Waals surface area contributed by atoms with E-state index in [9.17, 15) is 4.79 Å². The summed E-state index contributed by atoms with van der Waals surface area (Å²) in [5, 5.41) is -0.380. The smallest absolute Gasteiger partial charge is 0.323 e. The van der Waals surface area contributed by atoms with Crippen molar-refractivity contribution in [3.05, 3.63) is 35.9 Å². The summed E-state index contributed by atoms with van der Waals surface area (Å²) in [7, 11) is 4.83. The number of thiocarbonyl (C=S) groups is 1. The van der Waals surface area contributed by atoms with Gasteiger partial charge in [0.05, 0.1) is 7.11 Å². The van der Waals surface area contributed by atoms with Crippen LogP contribution in [-0.4, -0.2) is 32.6 Å². The lowest BCUT2D eigenvalue weighted by Gasteiger charge is -2.14. The van der Waals surface area contributed by atoms with Crippen molar-refractivity contribution >= 4 is 55.5 Å². The normalized spacial score (nSPS) is 11.9. The Kier molecular flexibility index (Phi) is 8.44. The Morgan fingerprint density at radius 3 is 2.68 bits per heavy atom. The van der Waals surface area contributed by atoms with Crippen molar-refractivity contribution in [2.24, 2.45) is 0 Å². The molecule has 1 rings (SSSR count). The van der Waals surface area contributed by atoms with Gasteiger partial charge in [-0.3, -0.25) is 4.79 Å². The van der Waals surface area contributed by atoms with Crippen LogP contribution in [0.3, 0.4) is 0 Å². The molecule has 0 aliphatic carbocycles. The van der Waals surface area contributed by atoms with Gasteiger partial charge in [-0.25, -0.2) is 0 Å². The minimum Gasteiger partial charge on any atom is -0.468 e. The average Bonchev–Trinajstić information content (AvgIpc) is 2.45. The third-order valence-corrected chi connectivity index (χ3v) is 5.53. The predicted molar refractivity (Wildman–Crippen MR) is 89.0 cm³/mol. The van der Waals surface area contributed by atoms with E-state index in [0.717, 1.165) is 27.3 Å². The molecule has 19 heavy (non-hydrogen) atoms. The van der Waals surface area contributed by atoms with Gasteiger partial charge in [0.25, 0.3) is 0 Å². The van der Waals surface area contributed by atoms with Crippen LogP contribution in [0.2, 0.25) is 6.04 Å². The number of rotatable bonds is 6. The Morgan fingerprint density at radius 2 is 2.11 bits per heavy atom. The van der Waals surface area contributed by atoms with Gasteiger partial charge in [-0.2, -0.15) is 0 Å². The minimum atomic E-state index is -0.380. The van der Waals surface area contributed by atoms with E-state index in [4.69, 9.17) is 17.0 Å². The van der Waals surface area contributed by atoms with Crippen molar-refractivity contribution < 1.29 is 9.53 Å². The fraction of sp³-hybridized carbons (Fsp3) is 0.385. The Hall–Kier alpha value is -0.303. The van der Waals surface area contributed by atoms with Crippen molar-refractivity contribution in [3.63, 3.8) is 0 Å². The van der Waals surface area contributed by atoms with Crippen LogP contribution in [-0.2, 0) is 9.53 Å². The second kappa shape index (κ2) is 9.58. The van der Waals surface area contributed by atoms with Crippen LogP contribution in [0.15, 0.2) is 30.3 Å². The highest BCUT2D eigenvalue weighted by atomic mass is 32.2. The summed E-state index contributed by atoms with van der Waals surface area (Å²) in [6.45, 7) is 0. The molecule has 0 aliphatic rings. The Morgan fingerprint density at radius 1 is 1.42 bits per heavy atom.